The van der Waals surface area contributed by atoms with Gasteiger partial charge in [0.25, 0.3) is 5.91 Å². The summed E-state index contributed by atoms with van der Waals surface area (Å²) < 4.78 is 0. The molecule has 1 rings (SSSR count). The van der Waals surface area contributed by atoms with Crippen LogP contribution in [0.4, 0.5) is 0 Å². The second-order valence-electron chi connectivity index (χ2n) is 5.58. The summed E-state index contributed by atoms with van der Waals surface area (Å²) in [6.45, 7) is 4.91. The molecule has 0 saturated heterocycles. The molecule has 0 heterocycles. The number of amides is 2. The van der Waals surface area contributed by atoms with E-state index in [2.05, 4.69) is 27.5 Å². The first kappa shape index (κ1) is 23.9. The van der Waals surface area contributed by atoms with Crippen LogP contribution in [0.15, 0.2) is 41.9 Å². The zero-order valence-electron chi connectivity index (χ0n) is 15.5. The molecule has 0 aliphatic rings. The Kier molecular flexibility index (Phi) is 12.1. The van der Waals surface area contributed by atoms with E-state index < -0.39 is 0 Å². The molecule has 3 N–H and O–H groups in total. The minimum atomic E-state index is -0.105. The molecule has 0 fully saturated rings. The van der Waals surface area contributed by atoms with Crippen LogP contribution < -0.4 is 16.0 Å². The average Bonchev–Trinajstić information content (AvgIpc) is 2.62. The molecule has 144 valence electrons. The van der Waals surface area contributed by atoms with Gasteiger partial charge in [0, 0.05) is 39.8 Å². The SMILES string of the molecule is C=CCNC(=NCC(=O)N(C)C)NCCc1cccc(C(=O)NC)c1.I. The van der Waals surface area contributed by atoms with E-state index in [4.69, 9.17) is 0 Å². The molecule has 1 aromatic rings. The van der Waals surface area contributed by atoms with Crippen LogP contribution in [-0.4, -0.2) is 63.5 Å². The standard InChI is InChI=1S/C18H27N5O2.HI/c1-5-10-20-18(22-13-16(24)23(3)4)21-11-9-14-7-6-8-15(12-14)17(25)19-2;/h5-8,12H,1,9-11,13H2,2-4H3,(H,19,25)(H2,20,21,22);1H. The van der Waals surface area contributed by atoms with Crippen LogP contribution in [0.1, 0.15) is 15.9 Å². The molecular weight excluding hydrogens is 445 g/mol. The van der Waals surface area contributed by atoms with Crippen molar-refractivity contribution in [1.82, 2.24) is 20.9 Å². The van der Waals surface area contributed by atoms with E-state index in [1.54, 1.807) is 33.3 Å². The number of carbonyl (C=O) groups excluding carboxylic acids is 2. The normalized spacial score (nSPS) is 10.3. The van der Waals surface area contributed by atoms with E-state index in [1.165, 1.54) is 4.90 Å². The molecule has 0 atom stereocenters. The summed E-state index contributed by atoms with van der Waals surface area (Å²) in [7, 11) is 5.00. The summed E-state index contributed by atoms with van der Waals surface area (Å²) in [5, 5.41) is 8.87. The number of carbonyl (C=O) groups is 2. The Morgan fingerprint density at radius 3 is 2.62 bits per heavy atom. The molecule has 0 bridgehead atoms. The van der Waals surface area contributed by atoms with E-state index in [0.717, 1.165) is 12.0 Å². The van der Waals surface area contributed by atoms with Gasteiger partial charge in [0.05, 0.1) is 0 Å². The lowest BCUT2D eigenvalue weighted by Crippen LogP contribution is -2.39. The van der Waals surface area contributed by atoms with E-state index in [0.29, 0.717) is 24.6 Å². The zero-order chi connectivity index (χ0) is 18.7. The minimum absolute atomic E-state index is 0. The van der Waals surface area contributed by atoms with Gasteiger partial charge in [0.15, 0.2) is 5.96 Å². The summed E-state index contributed by atoms with van der Waals surface area (Å²) in [6, 6.07) is 7.48. The van der Waals surface area contributed by atoms with Crippen LogP contribution in [0, 0.1) is 0 Å². The molecule has 1 aromatic carbocycles. The zero-order valence-corrected chi connectivity index (χ0v) is 17.9. The van der Waals surface area contributed by atoms with Gasteiger partial charge in [-0.3, -0.25) is 9.59 Å². The third-order valence-electron chi connectivity index (χ3n) is 3.41. The Labute approximate surface area is 172 Å². The van der Waals surface area contributed by atoms with Gasteiger partial charge in [-0.1, -0.05) is 18.2 Å². The number of aliphatic imine (C=N–C) groups is 1. The molecule has 2 amide bonds. The number of likely N-dealkylation sites (N-methyl/N-ethyl adjacent to an activating group) is 1. The number of nitrogens with one attached hydrogen (secondary N) is 3. The summed E-state index contributed by atoms with van der Waals surface area (Å²) >= 11 is 0. The molecule has 7 nitrogen and oxygen atoms in total. The van der Waals surface area contributed by atoms with E-state index in [9.17, 15) is 9.59 Å². The minimum Gasteiger partial charge on any atom is -0.356 e. The van der Waals surface area contributed by atoms with E-state index >= 15 is 0 Å². The smallest absolute Gasteiger partial charge is 0.251 e. The van der Waals surface area contributed by atoms with Crippen molar-refractivity contribution in [2.45, 2.75) is 6.42 Å². The summed E-state index contributed by atoms with van der Waals surface area (Å²) in [4.78, 5) is 29.1. The van der Waals surface area contributed by atoms with Gasteiger partial charge in [0.1, 0.15) is 6.54 Å². The number of hydrogen-bond donors (Lipinski definition) is 3. The molecular formula is C18H28IN5O2. The van der Waals surface area contributed by atoms with Gasteiger partial charge in [-0.05, 0) is 24.1 Å². The number of rotatable bonds is 8. The highest BCUT2D eigenvalue weighted by Gasteiger charge is 2.05. The fourth-order valence-corrected chi connectivity index (χ4v) is 1.97. The summed E-state index contributed by atoms with van der Waals surface area (Å²) in [5.41, 5.74) is 1.68. The molecule has 0 spiro atoms. The largest absolute Gasteiger partial charge is 0.356 e. The van der Waals surface area contributed by atoms with Gasteiger partial charge in [-0.15, -0.1) is 30.6 Å². The van der Waals surface area contributed by atoms with Gasteiger partial charge in [0.2, 0.25) is 5.91 Å². The Bertz CT molecular complexity index is 632. The van der Waals surface area contributed by atoms with Crippen LogP contribution in [-0.2, 0) is 11.2 Å². The van der Waals surface area contributed by atoms with Crippen molar-refractivity contribution >= 4 is 41.8 Å². The second kappa shape index (κ2) is 13.2. The van der Waals surface area contributed by atoms with Crippen LogP contribution >= 0.6 is 24.0 Å². The third-order valence-corrected chi connectivity index (χ3v) is 3.41. The Morgan fingerprint density at radius 2 is 2.00 bits per heavy atom. The van der Waals surface area contributed by atoms with Crippen LogP contribution in [0.5, 0.6) is 0 Å². The molecule has 0 saturated carbocycles. The molecule has 0 aliphatic heterocycles. The lowest BCUT2D eigenvalue weighted by Gasteiger charge is -2.13. The highest BCUT2D eigenvalue weighted by Crippen LogP contribution is 2.05. The lowest BCUT2D eigenvalue weighted by atomic mass is 10.1. The summed E-state index contributed by atoms with van der Waals surface area (Å²) in [5.74, 6) is 0.377. The fraction of sp³-hybridized carbons (Fsp3) is 0.389. The Morgan fingerprint density at radius 1 is 1.27 bits per heavy atom. The maximum Gasteiger partial charge on any atom is 0.251 e. The number of benzene rings is 1. The maximum absolute atomic E-state index is 11.7. The fourth-order valence-electron chi connectivity index (χ4n) is 1.97. The predicted molar refractivity (Wildman–Crippen MR) is 116 cm³/mol. The van der Waals surface area contributed by atoms with Gasteiger partial charge >= 0.3 is 0 Å². The number of guanidine groups is 1. The van der Waals surface area contributed by atoms with Crippen molar-refractivity contribution in [2.75, 3.05) is 40.8 Å². The monoisotopic (exact) mass is 473 g/mol. The predicted octanol–water partition coefficient (Wildman–Crippen LogP) is 1.02. The molecule has 8 heteroatoms. The lowest BCUT2D eigenvalue weighted by molar-refractivity contribution is -0.127. The molecule has 0 unspecified atom stereocenters. The Balaban J connectivity index is 0.00000625. The highest BCUT2D eigenvalue weighted by atomic mass is 127. The van der Waals surface area contributed by atoms with Crippen molar-refractivity contribution in [3.05, 3.63) is 48.0 Å². The van der Waals surface area contributed by atoms with Crippen molar-refractivity contribution in [2.24, 2.45) is 4.99 Å². The van der Waals surface area contributed by atoms with Gasteiger partial charge < -0.3 is 20.9 Å². The quantitative estimate of drug-likeness (QED) is 0.228. The topological polar surface area (TPSA) is 85.8 Å². The molecule has 0 aromatic heterocycles. The van der Waals surface area contributed by atoms with Crippen molar-refractivity contribution in [3.8, 4) is 0 Å². The average molecular weight is 473 g/mol. The number of halogens is 1. The molecule has 0 aliphatic carbocycles. The van der Waals surface area contributed by atoms with Crippen molar-refractivity contribution in [1.29, 1.82) is 0 Å². The van der Waals surface area contributed by atoms with Gasteiger partial charge in [-0.2, -0.15) is 0 Å². The first-order chi connectivity index (χ1) is 12.0. The maximum atomic E-state index is 11.7. The van der Waals surface area contributed by atoms with Gasteiger partial charge in [-0.25, -0.2) is 4.99 Å². The first-order valence-corrected chi connectivity index (χ1v) is 8.12. The number of hydrogen-bond acceptors (Lipinski definition) is 3. The first-order valence-electron chi connectivity index (χ1n) is 8.12. The van der Waals surface area contributed by atoms with E-state index in [-0.39, 0.29) is 42.3 Å². The third kappa shape index (κ3) is 8.84. The summed E-state index contributed by atoms with van der Waals surface area (Å²) in [6.07, 6.45) is 2.44. The van der Waals surface area contributed by atoms with Crippen LogP contribution in [0.25, 0.3) is 0 Å². The molecule has 26 heavy (non-hydrogen) atoms. The van der Waals surface area contributed by atoms with E-state index in [1.807, 2.05) is 18.2 Å². The highest BCUT2D eigenvalue weighted by molar-refractivity contribution is 14.0. The van der Waals surface area contributed by atoms with Crippen molar-refractivity contribution in [3.63, 3.8) is 0 Å². The molecule has 0 radical (unpaired) electrons. The van der Waals surface area contributed by atoms with Crippen LogP contribution in [0.3, 0.4) is 0 Å². The second-order valence-corrected chi connectivity index (χ2v) is 5.58. The van der Waals surface area contributed by atoms with Crippen LogP contribution in [0.2, 0.25) is 0 Å². The Hall–Kier alpha value is -2.10. The number of nitrogens with zero attached hydrogens (tertiary/aromatic N) is 2. The van der Waals surface area contributed by atoms with Crippen molar-refractivity contribution < 1.29 is 9.59 Å².